The zero-order valence-electron chi connectivity index (χ0n) is 16.9. The normalized spacial score (nSPS) is 11.2. The molecule has 0 aliphatic heterocycles. The molecule has 0 atom stereocenters. The van der Waals surface area contributed by atoms with Crippen molar-refractivity contribution in [2.75, 3.05) is 7.11 Å². The van der Waals surface area contributed by atoms with Crippen molar-refractivity contribution in [1.29, 1.82) is 0 Å². The van der Waals surface area contributed by atoms with Gasteiger partial charge in [0.15, 0.2) is 0 Å². The summed E-state index contributed by atoms with van der Waals surface area (Å²) >= 11 is 0. The quantitative estimate of drug-likeness (QED) is 0.341. The smallest absolute Gasteiger partial charge is 0.267 e. The predicted molar refractivity (Wildman–Crippen MR) is 119 cm³/mol. The first-order valence-electron chi connectivity index (χ1n) is 9.36. The molecule has 0 spiro atoms. The highest BCUT2D eigenvalue weighted by atomic mass is 16.5. The zero-order valence-corrected chi connectivity index (χ0v) is 16.9. The molecule has 0 unspecified atom stereocenters. The number of ether oxygens (including phenoxy) is 1. The van der Waals surface area contributed by atoms with Crippen LogP contribution in [-0.4, -0.2) is 27.8 Å². The fourth-order valence-corrected chi connectivity index (χ4v) is 3.10. The molecular formula is C24H23N3O3. The first-order chi connectivity index (χ1) is 14.6. The number of hydrogen-bond acceptors (Lipinski definition) is 4. The van der Waals surface area contributed by atoms with Crippen LogP contribution in [0.25, 0.3) is 35.3 Å². The maximum Gasteiger partial charge on any atom is 0.267 e. The fourth-order valence-electron chi connectivity index (χ4n) is 3.10. The van der Waals surface area contributed by atoms with Gasteiger partial charge in [-0.1, -0.05) is 30.9 Å². The van der Waals surface area contributed by atoms with Gasteiger partial charge in [-0.3, -0.25) is 14.6 Å². The number of amides is 1. The van der Waals surface area contributed by atoms with Gasteiger partial charge in [-0.05, 0) is 61.0 Å². The lowest BCUT2D eigenvalue weighted by Crippen LogP contribution is -2.14. The number of benzene rings is 2. The van der Waals surface area contributed by atoms with Crippen LogP contribution in [0.2, 0.25) is 0 Å². The number of methoxy groups -OCH3 is 1. The Kier molecular flexibility index (Phi) is 6.62. The van der Waals surface area contributed by atoms with Gasteiger partial charge in [0.1, 0.15) is 11.6 Å². The summed E-state index contributed by atoms with van der Waals surface area (Å²) in [5.74, 6) is 0.915. The molecule has 2 N–H and O–H groups in total. The molecule has 0 saturated heterocycles. The van der Waals surface area contributed by atoms with Crippen molar-refractivity contribution in [1.82, 2.24) is 15.0 Å². The van der Waals surface area contributed by atoms with Crippen LogP contribution in [0.15, 0.2) is 67.3 Å². The Labute approximate surface area is 175 Å². The average Bonchev–Trinajstić information content (AvgIpc) is 3.16. The Balaban J connectivity index is 2.17. The first kappa shape index (κ1) is 20.8. The monoisotopic (exact) mass is 401 g/mol. The van der Waals surface area contributed by atoms with Crippen LogP contribution < -0.4 is 10.2 Å². The number of nitrogens with zero attached hydrogens (tertiary/aromatic N) is 2. The van der Waals surface area contributed by atoms with E-state index in [9.17, 15) is 4.79 Å². The minimum absolute atomic E-state index is 0.593. The summed E-state index contributed by atoms with van der Waals surface area (Å²) in [6, 6.07) is 15.4. The van der Waals surface area contributed by atoms with E-state index < -0.39 is 5.91 Å². The Morgan fingerprint density at radius 2 is 1.97 bits per heavy atom. The molecule has 0 aliphatic carbocycles. The zero-order chi connectivity index (χ0) is 21.5. The third-order valence-corrected chi connectivity index (χ3v) is 4.47. The molecule has 6 nitrogen and oxygen atoms in total. The molecule has 3 rings (SSSR count). The minimum atomic E-state index is -0.593. The Morgan fingerprint density at radius 3 is 2.60 bits per heavy atom. The maximum absolute atomic E-state index is 11.3. The van der Waals surface area contributed by atoms with Crippen LogP contribution in [-0.2, 0) is 4.79 Å². The molecule has 6 heteroatoms. The lowest BCUT2D eigenvalue weighted by atomic mass is 10.1. The molecule has 0 aliphatic rings. The molecule has 0 radical (unpaired) electrons. The van der Waals surface area contributed by atoms with Crippen molar-refractivity contribution in [2.24, 2.45) is 0 Å². The lowest BCUT2D eigenvalue weighted by Gasteiger charge is -2.12. The largest absolute Gasteiger partial charge is 0.497 e. The average molecular weight is 401 g/mol. The van der Waals surface area contributed by atoms with E-state index in [4.69, 9.17) is 14.9 Å². The van der Waals surface area contributed by atoms with Gasteiger partial charge >= 0.3 is 0 Å². The predicted octanol–water partition coefficient (Wildman–Crippen LogP) is 4.74. The van der Waals surface area contributed by atoms with Crippen molar-refractivity contribution < 1.29 is 14.7 Å². The van der Waals surface area contributed by atoms with Gasteiger partial charge in [0.2, 0.25) is 0 Å². The highest BCUT2D eigenvalue weighted by molar-refractivity contribution is 5.91. The second-order valence-corrected chi connectivity index (χ2v) is 6.38. The molecule has 30 heavy (non-hydrogen) atoms. The van der Waals surface area contributed by atoms with Gasteiger partial charge in [0, 0.05) is 17.3 Å². The highest BCUT2D eigenvalue weighted by Gasteiger charge is 2.17. The number of nitrogens with one attached hydrogen (secondary N) is 1. The number of rotatable bonds is 7. The van der Waals surface area contributed by atoms with Gasteiger partial charge in [-0.25, -0.2) is 10.5 Å². The molecule has 0 bridgehead atoms. The first-order valence-corrected chi connectivity index (χ1v) is 9.36. The van der Waals surface area contributed by atoms with Crippen LogP contribution in [0.1, 0.15) is 23.9 Å². The Morgan fingerprint density at radius 1 is 1.20 bits per heavy atom. The molecule has 1 aromatic heterocycles. The van der Waals surface area contributed by atoms with Crippen LogP contribution >= 0.6 is 0 Å². The molecule has 1 amide bonds. The third-order valence-electron chi connectivity index (χ3n) is 4.47. The Bertz CT molecular complexity index is 1110. The van der Waals surface area contributed by atoms with Gasteiger partial charge in [-0.15, -0.1) is 0 Å². The van der Waals surface area contributed by atoms with Crippen molar-refractivity contribution in [3.8, 4) is 22.8 Å². The summed E-state index contributed by atoms with van der Waals surface area (Å²) in [6.45, 7) is 5.92. The number of hydrogen-bond donors (Lipinski definition) is 2. The Hall–Kier alpha value is -3.90. The van der Waals surface area contributed by atoms with Gasteiger partial charge in [-0.2, -0.15) is 0 Å². The summed E-state index contributed by atoms with van der Waals surface area (Å²) in [4.78, 5) is 16.1. The van der Waals surface area contributed by atoms with Crippen molar-refractivity contribution in [3.05, 3.63) is 84.2 Å². The van der Waals surface area contributed by atoms with E-state index in [-0.39, 0.29) is 0 Å². The van der Waals surface area contributed by atoms with Gasteiger partial charge in [0.25, 0.3) is 5.91 Å². The minimum Gasteiger partial charge on any atom is -0.497 e. The second-order valence-electron chi connectivity index (χ2n) is 6.38. The maximum atomic E-state index is 11.3. The second kappa shape index (κ2) is 9.54. The van der Waals surface area contributed by atoms with Crippen molar-refractivity contribution in [2.45, 2.75) is 6.92 Å². The van der Waals surface area contributed by atoms with E-state index in [2.05, 4.69) is 6.58 Å². The number of carbonyl (C=O) groups excluding carboxylic acids is 1. The number of aromatic nitrogens is 2. The number of imidazole rings is 1. The molecular weight excluding hydrogens is 378 g/mol. The number of hydroxylamine groups is 1. The SMILES string of the molecule is C=Cc1c(/C=C\C)nc(-c2cccc(/C=C/C(=O)NO)c2)n1-c1ccc(OC)cc1. The summed E-state index contributed by atoms with van der Waals surface area (Å²) in [6.07, 6.45) is 8.54. The highest BCUT2D eigenvalue weighted by Crippen LogP contribution is 2.30. The molecule has 152 valence electrons. The number of allylic oxidation sites excluding steroid dienone is 1. The topological polar surface area (TPSA) is 76.4 Å². The molecule has 0 fully saturated rings. The molecule has 3 aromatic rings. The fraction of sp³-hybridized carbons (Fsp3) is 0.0833. The molecule has 0 saturated carbocycles. The van der Waals surface area contributed by atoms with Crippen LogP contribution in [0.4, 0.5) is 0 Å². The van der Waals surface area contributed by atoms with Crippen LogP contribution in [0.5, 0.6) is 5.75 Å². The van der Waals surface area contributed by atoms with E-state index in [1.54, 1.807) is 24.7 Å². The van der Waals surface area contributed by atoms with E-state index >= 15 is 0 Å². The van der Waals surface area contributed by atoms with Crippen molar-refractivity contribution >= 4 is 24.1 Å². The van der Waals surface area contributed by atoms with E-state index in [1.807, 2.05) is 72.2 Å². The van der Waals surface area contributed by atoms with Gasteiger partial charge in [0.05, 0.1) is 18.5 Å². The van der Waals surface area contributed by atoms with Gasteiger partial charge < -0.3 is 4.74 Å². The van der Waals surface area contributed by atoms with Crippen molar-refractivity contribution in [3.63, 3.8) is 0 Å². The van der Waals surface area contributed by atoms with E-state index in [0.717, 1.165) is 39.8 Å². The van der Waals surface area contributed by atoms with E-state index in [1.165, 1.54) is 6.08 Å². The third kappa shape index (κ3) is 4.39. The van der Waals surface area contributed by atoms with E-state index in [0.29, 0.717) is 0 Å². The summed E-state index contributed by atoms with van der Waals surface area (Å²) in [5, 5.41) is 8.67. The summed E-state index contributed by atoms with van der Waals surface area (Å²) in [7, 11) is 1.63. The lowest BCUT2D eigenvalue weighted by molar-refractivity contribution is -0.124. The molecule has 2 aromatic carbocycles. The van der Waals surface area contributed by atoms with Crippen LogP contribution in [0.3, 0.4) is 0 Å². The number of carbonyl (C=O) groups is 1. The molecule has 1 heterocycles. The van der Waals surface area contributed by atoms with Crippen LogP contribution in [0, 0.1) is 0 Å². The standard InChI is InChI=1S/C24H23N3O3/c1-4-7-21-22(5-2)27(19-11-13-20(30-3)14-12-19)24(25-21)18-9-6-8-17(16-18)10-15-23(28)26-29/h4-16,29H,2H2,1,3H3,(H,26,28)/b7-4-,15-10+. The summed E-state index contributed by atoms with van der Waals surface area (Å²) < 4.78 is 7.31. The summed E-state index contributed by atoms with van der Waals surface area (Å²) in [5.41, 5.74) is 5.85.